The summed E-state index contributed by atoms with van der Waals surface area (Å²) >= 11 is 0. The Labute approximate surface area is 117 Å². The van der Waals surface area contributed by atoms with Crippen molar-refractivity contribution in [2.45, 2.75) is 13.0 Å². The minimum absolute atomic E-state index is 0.376. The van der Waals surface area contributed by atoms with Gasteiger partial charge in [-0.3, -0.25) is 4.98 Å². The van der Waals surface area contributed by atoms with Crippen LogP contribution in [0.1, 0.15) is 21.9 Å². The van der Waals surface area contributed by atoms with Crippen molar-refractivity contribution >= 4 is 5.97 Å². The maximum atomic E-state index is 11.3. The highest BCUT2D eigenvalue weighted by molar-refractivity contribution is 5.88. The molecule has 2 aromatic rings. The molecule has 0 aliphatic rings. The second-order valence-electron chi connectivity index (χ2n) is 4.31. The van der Waals surface area contributed by atoms with Crippen LogP contribution in [-0.4, -0.2) is 39.4 Å². The molecule has 20 heavy (non-hydrogen) atoms. The maximum absolute atomic E-state index is 11.3. The fourth-order valence-corrected chi connectivity index (χ4v) is 1.72. The standard InChI is InChI=1S/C13H17N5O2/c1-18-9-16-17-12(18)5-6-14-8-11-4-3-10(7-15-11)13(19)20-2/h3-4,7,9,14H,5-6,8H2,1-2H3. The summed E-state index contributed by atoms with van der Waals surface area (Å²) in [5, 5.41) is 11.1. The van der Waals surface area contributed by atoms with E-state index in [1.54, 1.807) is 12.4 Å². The summed E-state index contributed by atoms with van der Waals surface area (Å²) in [5.74, 6) is 0.561. The molecule has 1 N–H and O–H groups in total. The highest BCUT2D eigenvalue weighted by Crippen LogP contribution is 2.02. The van der Waals surface area contributed by atoms with Crippen LogP contribution in [0.2, 0.25) is 0 Å². The topological polar surface area (TPSA) is 81.9 Å². The SMILES string of the molecule is COC(=O)c1ccc(CNCCc2nncn2C)nc1. The number of hydrogen-bond acceptors (Lipinski definition) is 6. The van der Waals surface area contributed by atoms with Crippen LogP contribution in [0, 0.1) is 0 Å². The molecule has 0 aliphatic heterocycles. The summed E-state index contributed by atoms with van der Waals surface area (Å²) in [6.07, 6.45) is 4.00. The molecule has 0 bridgehead atoms. The average molecular weight is 275 g/mol. The summed E-state index contributed by atoms with van der Waals surface area (Å²) in [5.41, 5.74) is 1.32. The molecular weight excluding hydrogens is 258 g/mol. The molecule has 0 aliphatic carbocycles. The Balaban J connectivity index is 1.77. The molecule has 0 saturated heterocycles. The number of aryl methyl sites for hydroxylation is 1. The Kier molecular flexibility index (Phi) is 4.78. The van der Waals surface area contributed by atoms with E-state index in [9.17, 15) is 4.79 Å². The quantitative estimate of drug-likeness (QED) is 0.604. The van der Waals surface area contributed by atoms with Crippen LogP contribution in [0.15, 0.2) is 24.7 Å². The van der Waals surface area contributed by atoms with Gasteiger partial charge in [0.25, 0.3) is 0 Å². The number of hydrogen-bond donors (Lipinski definition) is 1. The number of methoxy groups -OCH3 is 1. The molecule has 0 aromatic carbocycles. The fourth-order valence-electron chi connectivity index (χ4n) is 1.72. The van der Waals surface area contributed by atoms with Crippen molar-refractivity contribution in [2.24, 2.45) is 7.05 Å². The van der Waals surface area contributed by atoms with Crippen LogP contribution >= 0.6 is 0 Å². The molecule has 7 heteroatoms. The highest BCUT2D eigenvalue weighted by Gasteiger charge is 2.05. The lowest BCUT2D eigenvalue weighted by atomic mass is 10.2. The van der Waals surface area contributed by atoms with Crippen LogP contribution in [0.5, 0.6) is 0 Å². The lowest BCUT2D eigenvalue weighted by Crippen LogP contribution is -2.19. The van der Waals surface area contributed by atoms with Crippen molar-refractivity contribution in [3.8, 4) is 0 Å². The van der Waals surface area contributed by atoms with Gasteiger partial charge in [0.2, 0.25) is 0 Å². The van der Waals surface area contributed by atoms with Gasteiger partial charge < -0.3 is 14.6 Å². The van der Waals surface area contributed by atoms with E-state index in [0.717, 1.165) is 24.5 Å². The first-order valence-electron chi connectivity index (χ1n) is 6.27. The number of esters is 1. The number of carbonyl (C=O) groups excluding carboxylic acids is 1. The molecule has 0 spiro atoms. The number of nitrogens with one attached hydrogen (secondary N) is 1. The van der Waals surface area contributed by atoms with E-state index >= 15 is 0 Å². The van der Waals surface area contributed by atoms with Crippen LogP contribution in [-0.2, 0) is 24.8 Å². The van der Waals surface area contributed by atoms with Gasteiger partial charge in [0, 0.05) is 32.8 Å². The van der Waals surface area contributed by atoms with Crippen molar-refractivity contribution < 1.29 is 9.53 Å². The Morgan fingerprint density at radius 2 is 2.30 bits per heavy atom. The van der Waals surface area contributed by atoms with E-state index in [2.05, 4.69) is 25.2 Å². The van der Waals surface area contributed by atoms with Gasteiger partial charge in [-0.1, -0.05) is 0 Å². The summed E-state index contributed by atoms with van der Waals surface area (Å²) in [7, 11) is 3.27. The first-order valence-corrected chi connectivity index (χ1v) is 6.27. The molecule has 0 fully saturated rings. The third-order valence-corrected chi connectivity index (χ3v) is 2.88. The van der Waals surface area contributed by atoms with Gasteiger partial charge in [0.1, 0.15) is 12.2 Å². The monoisotopic (exact) mass is 275 g/mol. The van der Waals surface area contributed by atoms with E-state index in [4.69, 9.17) is 0 Å². The Bertz CT molecular complexity index is 564. The average Bonchev–Trinajstić information content (AvgIpc) is 2.89. The summed E-state index contributed by atoms with van der Waals surface area (Å²) < 4.78 is 6.51. The molecule has 0 atom stereocenters. The van der Waals surface area contributed by atoms with Crippen LogP contribution in [0.25, 0.3) is 0 Å². The first-order chi connectivity index (χ1) is 9.70. The summed E-state index contributed by atoms with van der Waals surface area (Å²) in [6, 6.07) is 3.51. The molecule has 106 valence electrons. The molecule has 0 amide bonds. The van der Waals surface area contributed by atoms with Gasteiger partial charge >= 0.3 is 5.97 Å². The molecule has 0 saturated carbocycles. The van der Waals surface area contributed by atoms with Gasteiger partial charge in [0.05, 0.1) is 18.4 Å². The van der Waals surface area contributed by atoms with Gasteiger partial charge in [-0.2, -0.15) is 0 Å². The molecule has 2 heterocycles. The lowest BCUT2D eigenvalue weighted by molar-refractivity contribution is 0.0600. The number of aromatic nitrogens is 4. The molecule has 2 rings (SSSR count). The van der Waals surface area contributed by atoms with E-state index in [1.807, 2.05) is 17.7 Å². The van der Waals surface area contributed by atoms with Crippen LogP contribution in [0.4, 0.5) is 0 Å². The third kappa shape index (κ3) is 3.61. The van der Waals surface area contributed by atoms with Gasteiger partial charge in [-0.15, -0.1) is 10.2 Å². The Hall–Kier alpha value is -2.28. The van der Waals surface area contributed by atoms with E-state index in [-0.39, 0.29) is 5.97 Å². The van der Waals surface area contributed by atoms with E-state index < -0.39 is 0 Å². The third-order valence-electron chi connectivity index (χ3n) is 2.88. The largest absolute Gasteiger partial charge is 0.465 e. The summed E-state index contributed by atoms with van der Waals surface area (Å²) in [4.78, 5) is 15.5. The number of ether oxygens (including phenoxy) is 1. The van der Waals surface area contributed by atoms with Gasteiger partial charge in [-0.05, 0) is 12.1 Å². The zero-order chi connectivity index (χ0) is 14.4. The van der Waals surface area contributed by atoms with Crippen molar-refractivity contribution in [3.05, 3.63) is 41.7 Å². The van der Waals surface area contributed by atoms with Crippen molar-refractivity contribution in [2.75, 3.05) is 13.7 Å². The van der Waals surface area contributed by atoms with Gasteiger partial charge in [0.15, 0.2) is 0 Å². The summed E-state index contributed by atoms with van der Waals surface area (Å²) in [6.45, 7) is 1.42. The van der Waals surface area contributed by atoms with Crippen molar-refractivity contribution in [3.63, 3.8) is 0 Å². The maximum Gasteiger partial charge on any atom is 0.339 e. The number of carbonyl (C=O) groups is 1. The smallest absolute Gasteiger partial charge is 0.339 e. The first kappa shape index (κ1) is 14.1. The van der Waals surface area contributed by atoms with Crippen molar-refractivity contribution in [1.29, 1.82) is 0 Å². The minimum Gasteiger partial charge on any atom is -0.465 e. The molecular formula is C13H17N5O2. The van der Waals surface area contributed by atoms with Crippen molar-refractivity contribution in [1.82, 2.24) is 25.1 Å². The van der Waals surface area contributed by atoms with E-state index in [0.29, 0.717) is 12.1 Å². The Morgan fingerprint density at radius 3 is 2.90 bits per heavy atom. The lowest BCUT2D eigenvalue weighted by Gasteiger charge is -2.05. The fraction of sp³-hybridized carbons (Fsp3) is 0.385. The van der Waals surface area contributed by atoms with E-state index in [1.165, 1.54) is 13.3 Å². The zero-order valence-corrected chi connectivity index (χ0v) is 11.5. The molecule has 0 radical (unpaired) electrons. The number of pyridine rings is 1. The number of rotatable bonds is 6. The van der Waals surface area contributed by atoms with Gasteiger partial charge in [-0.25, -0.2) is 4.79 Å². The second-order valence-corrected chi connectivity index (χ2v) is 4.31. The predicted octanol–water partition coefficient (Wildman–Crippen LogP) is 0.329. The molecule has 7 nitrogen and oxygen atoms in total. The molecule has 2 aromatic heterocycles. The minimum atomic E-state index is -0.376. The normalized spacial score (nSPS) is 10.5. The Morgan fingerprint density at radius 1 is 1.45 bits per heavy atom. The second kappa shape index (κ2) is 6.76. The molecule has 0 unspecified atom stereocenters. The predicted molar refractivity (Wildman–Crippen MR) is 72.0 cm³/mol. The zero-order valence-electron chi connectivity index (χ0n) is 11.5. The van der Waals surface area contributed by atoms with Crippen LogP contribution < -0.4 is 5.32 Å². The highest BCUT2D eigenvalue weighted by atomic mass is 16.5. The number of nitrogens with zero attached hydrogens (tertiary/aromatic N) is 4. The van der Waals surface area contributed by atoms with Crippen LogP contribution in [0.3, 0.4) is 0 Å².